The highest BCUT2D eigenvalue weighted by Gasteiger charge is 2.22. The van der Waals surface area contributed by atoms with Gasteiger partial charge in [-0.1, -0.05) is 20.8 Å². The minimum atomic E-state index is 0.0485. The van der Waals surface area contributed by atoms with Crippen LogP contribution in [0.3, 0.4) is 0 Å². The molecule has 0 spiro atoms. The van der Waals surface area contributed by atoms with Gasteiger partial charge in [-0.2, -0.15) is 0 Å². The van der Waals surface area contributed by atoms with Crippen LogP contribution in [0, 0.1) is 0 Å². The second-order valence-electron chi connectivity index (χ2n) is 8.42. The maximum absolute atomic E-state index is 6.12. The number of aromatic nitrogens is 2. The molecule has 0 radical (unpaired) electrons. The first-order chi connectivity index (χ1) is 14.0. The summed E-state index contributed by atoms with van der Waals surface area (Å²) in [6.45, 7) is 6.80. The molecule has 142 valence electrons. The summed E-state index contributed by atoms with van der Waals surface area (Å²) in [6.07, 6.45) is 1.61. The fourth-order valence-corrected chi connectivity index (χ4v) is 5.97. The van der Waals surface area contributed by atoms with Crippen LogP contribution >= 0.6 is 22.7 Å². The molecule has 0 atom stereocenters. The van der Waals surface area contributed by atoms with E-state index in [0.717, 1.165) is 27.6 Å². The molecule has 6 rings (SSSR count). The second-order valence-corrected chi connectivity index (χ2v) is 10.3. The van der Waals surface area contributed by atoms with Gasteiger partial charge in [-0.15, -0.1) is 22.7 Å². The lowest BCUT2D eigenvalue weighted by molar-refractivity contribution is 0.597. The van der Waals surface area contributed by atoms with E-state index in [1.54, 1.807) is 29.0 Å². The van der Waals surface area contributed by atoms with Gasteiger partial charge in [0.05, 0.1) is 11.1 Å². The maximum atomic E-state index is 6.12. The lowest BCUT2D eigenvalue weighted by Crippen LogP contribution is -2.11. The van der Waals surface area contributed by atoms with Crippen LogP contribution in [0.25, 0.3) is 53.5 Å². The van der Waals surface area contributed by atoms with Crippen molar-refractivity contribution in [2.45, 2.75) is 26.2 Å². The second kappa shape index (κ2) is 5.88. The molecule has 0 aliphatic heterocycles. The highest BCUT2D eigenvalue weighted by atomic mass is 32.1. The van der Waals surface area contributed by atoms with Crippen molar-refractivity contribution in [1.29, 1.82) is 0 Å². The normalized spacial score (nSPS) is 12.7. The van der Waals surface area contributed by atoms with Crippen molar-refractivity contribution < 1.29 is 4.42 Å². The number of rotatable bonds is 1. The van der Waals surface area contributed by atoms with Crippen LogP contribution in [-0.4, -0.2) is 9.97 Å². The first kappa shape index (κ1) is 17.1. The fraction of sp³-hybridized carbons (Fsp3) is 0.167. The third-order valence-corrected chi connectivity index (χ3v) is 7.32. The zero-order valence-electron chi connectivity index (χ0n) is 16.3. The van der Waals surface area contributed by atoms with E-state index < -0.39 is 0 Å². The molecular weight excluding hydrogens is 396 g/mol. The molecule has 0 bridgehead atoms. The topological polar surface area (TPSA) is 38.9 Å². The van der Waals surface area contributed by atoms with Gasteiger partial charge in [0.1, 0.15) is 11.9 Å². The molecule has 4 aromatic heterocycles. The van der Waals surface area contributed by atoms with Crippen LogP contribution in [0.5, 0.6) is 0 Å². The van der Waals surface area contributed by atoms with Gasteiger partial charge in [-0.25, -0.2) is 9.97 Å². The van der Waals surface area contributed by atoms with Gasteiger partial charge in [-0.3, -0.25) is 0 Å². The molecule has 29 heavy (non-hydrogen) atoms. The van der Waals surface area contributed by atoms with E-state index in [1.807, 2.05) is 0 Å². The van der Waals surface area contributed by atoms with Crippen molar-refractivity contribution in [2.24, 2.45) is 0 Å². The van der Waals surface area contributed by atoms with Gasteiger partial charge >= 0.3 is 0 Å². The first-order valence-electron chi connectivity index (χ1n) is 9.55. The summed E-state index contributed by atoms with van der Waals surface area (Å²) in [5.74, 6) is 0. The van der Waals surface area contributed by atoms with E-state index in [2.05, 4.69) is 72.9 Å². The van der Waals surface area contributed by atoms with E-state index in [1.165, 1.54) is 25.7 Å². The predicted octanol–water partition coefficient (Wildman–Crippen LogP) is 7.77. The van der Waals surface area contributed by atoms with Crippen LogP contribution < -0.4 is 0 Å². The molecule has 6 aromatic rings. The zero-order chi connectivity index (χ0) is 19.8. The molecule has 0 saturated heterocycles. The Kier molecular flexibility index (Phi) is 3.47. The Morgan fingerprint density at radius 2 is 1.72 bits per heavy atom. The molecule has 5 heteroatoms. The van der Waals surface area contributed by atoms with Crippen LogP contribution in [0.4, 0.5) is 0 Å². The van der Waals surface area contributed by atoms with Gasteiger partial charge in [0.25, 0.3) is 0 Å². The van der Waals surface area contributed by atoms with E-state index in [-0.39, 0.29) is 5.41 Å². The summed E-state index contributed by atoms with van der Waals surface area (Å²) in [5.41, 5.74) is 4.95. The predicted molar refractivity (Wildman–Crippen MR) is 124 cm³/mol. The monoisotopic (exact) mass is 414 g/mol. The third-order valence-electron chi connectivity index (χ3n) is 5.48. The molecular formula is C24H18N2OS2. The number of thiophene rings is 2. The summed E-state index contributed by atoms with van der Waals surface area (Å²) >= 11 is 3.55. The summed E-state index contributed by atoms with van der Waals surface area (Å²) in [7, 11) is 0. The summed E-state index contributed by atoms with van der Waals surface area (Å²) < 4.78 is 8.72. The lowest BCUT2D eigenvalue weighted by atomic mass is 9.85. The number of fused-ring (bicyclic) bond motifs is 5. The average molecular weight is 415 g/mol. The van der Waals surface area contributed by atoms with Crippen molar-refractivity contribution >= 4 is 64.9 Å². The summed E-state index contributed by atoms with van der Waals surface area (Å²) in [5, 5.41) is 8.81. The highest BCUT2D eigenvalue weighted by Crippen LogP contribution is 2.41. The largest absolute Gasteiger partial charge is 0.438 e. The van der Waals surface area contributed by atoms with Gasteiger partial charge in [-0.05, 0) is 68.9 Å². The molecule has 0 N–H and O–H groups in total. The molecule has 0 amide bonds. The van der Waals surface area contributed by atoms with E-state index in [0.29, 0.717) is 5.71 Å². The zero-order valence-corrected chi connectivity index (χ0v) is 17.9. The Morgan fingerprint density at radius 1 is 0.897 bits per heavy atom. The smallest absolute Gasteiger partial charge is 0.230 e. The number of benzene rings is 2. The van der Waals surface area contributed by atoms with E-state index in [4.69, 9.17) is 9.40 Å². The Labute approximate surface area is 175 Å². The fourth-order valence-electron chi connectivity index (χ4n) is 4.06. The molecule has 0 aliphatic carbocycles. The van der Waals surface area contributed by atoms with Crippen molar-refractivity contribution in [1.82, 2.24) is 9.97 Å². The maximum Gasteiger partial charge on any atom is 0.230 e. The van der Waals surface area contributed by atoms with E-state index >= 15 is 0 Å². The highest BCUT2D eigenvalue weighted by molar-refractivity contribution is 7.17. The van der Waals surface area contributed by atoms with Crippen molar-refractivity contribution in [3.05, 3.63) is 59.0 Å². The number of hydrogen-bond acceptors (Lipinski definition) is 5. The van der Waals surface area contributed by atoms with Crippen LogP contribution in [0.15, 0.2) is 57.9 Å². The summed E-state index contributed by atoms with van der Waals surface area (Å²) in [4.78, 5) is 9.15. The van der Waals surface area contributed by atoms with Gasteiger partial charge in [0, 0.05) is 20.3 Å². The lowest BCUT2D eigenvalue weighted by Gasteiger charge is -2.21. The molecule has 3 nitrogen and oxygen atoms in total. The van der Waals surface area contributed by atoms with Crippen LogP contribution in [-0.2, 0) is 5.41 Å². The minimum Gasteiger partial charge on any atom is -0.438 e. The minimum absolute atomic E-state index is 0.0485. The number of furan rings is 1. The first-order valence-corrected chi connectivity index (χ1v) is 11.3. The Bertz CT molecular complexity index is 1550. The van der Waals surface area contributed by atoms with Gasteiger partial charge in [0.15, 0.2) is 0 Å². The molecule has 0 fully saturated rings. The van der Waals surface area contributed by atoms with E-state index in [9.17, 15) is 0 Å². The Hall–Kier alpha value is -2.76. The average Bonchev–Trinajstić information content (AvgIpc) is 3.41. The van der Waals surface area contributed by atoms with Crippen molar-refractivity contribution in [3.8, 4) is 11.3 Å². The summed E-state index contributed by atoms with van der Waals surface area (Å²) in [6, 6.07) is 13.2. The molecule has 2 aromatic carbocycles. The molecule has 0 saturated carbocycles. The van der Waals surface area contributed by atoms with Crippen LogP contribution in [0.1, 0.15) is 26.3 Å². The van der Waals surface area contributed by atoms with Gasteiger partial charge < -0.3 is 4.42 Å². The SMILES string of the molecule is CC(C)(C)c1cc(-c2ncnc3oc4cc5ccsc5cc4c23)cc2ccsc12. The number of hydrogen-bond donors (Lipinski definition) is 0. The molecule has 0 aliphatic rings. The standard InChI is InChI=1S/C24H18N2OS2/c1-24(2,3)17-9-15(8-14-5-7-29-22(14)17)21-20-16-11-19-13(4-6-28-19)10-18(16)27-23(20)26-12-25-21/h4-12H,1-3H3. The quantitative estimate of drug-likeness (QED) is 0.276. The third kappa shape index (κ3) is 2.54. The van der Waals surface area contributed by atoms with Crippen LogP contribution in [0.2, 0.25) is 0 Å². The molecule has 4 heterocycles. The Morgan fingerprint density at radius 3 is 2.59 bits per heavy atom. The molecule has 0 unspecified atom stereocenters. The number of nitrogens with zero attached hydrogens (tertiary/aromatic N) is 2. The van der Waals surface area contributed by atoms with Crippen molar-refractivity contribution in [3.63, 3.8) is 0 Å². The Balaban J connectivity index is 1.72. The van der Waals surface area contributed by atoms with Crippen molar-refractivity contribution in [2.75, 3.05) is 0 Å². The van der Waals surface area contributed by atoms with Gasteiger partial charge in [0.2, 0.25) is 5.71 Å².